The maximum absolute atomic E-state index is 14.2. The van der Waals surface area contributed by atoms with Crippen LogP contribution < -0.4 is 5.73 Å². The monoisotopic (exact) mass is 361 g/mol. The summed E-state index contributed by atoms with van der Waals surface area (Å²) in [6, 6.07) is 14.4. The SMILES string of the molecule is CCc1ccc(F)c(C[C@H](N)c2ncccc2-n2ncc3ccccc32)n1. The van der Waals surface area contributed by atoms with Crippen LogP contribution in [0.25, 0.3) is 16.6 Å². The van der Waals surface area contributed by atoms with Gasteiger partial charge in [-0.05, 0) is 36.8 Å². The van der Waals surface area contributed by atoms with E-state index < -0.39 is 6.04 Å². The third-order valence-electron chi connectivity index (χ3n) is 4.62. The molecule has 0 bridgehead atoms. The van der Waals surface area contributed by atoms with E-state index in [4.69, 9.17) is 5.73 Å². The highest BCUT2D eigenvalue weighted by Gasteiger charge is 2.19. The van der Waals surface area contributed by atoms with Gasteiger partial charge in [-0.2, -0.15) is 5.10 Å². The molecule has 3 heterocycles. The Kier molecular flexibility index (Phi) is 4.64. The lowest BCUT2D eigenvalue weighted by atomic mass is 10.0. The first kappa shape index (κ1) is 17.3. The highest BCUT2D eigenvalue weighted by molar-refractivity contribution is 5.80. The molecule has 6 heteroatoms. The predicted octanol–water partition coefficient (Wildman–Crippen LogP) is 3.76. The highest BCUT2D eigenvalue weighted by atomic mass is 19.1. The summed E-state index contributed by atoms with van der Waals surface area (Å²) in [6.45, 7) is 1.99. The Morgan fingerprint density at radius 2 is 1.96 bits per heavy atom. The summed E-state index contributed by atoms with van der Waals surface area (Å²) in [4.78, 5) is 8.87. The van der Waals surface area contributed by atoms with Gasteiger partial charge < -0.3 is 5.73 Å². The number of nitrogens with zero attached hydrogens (tertiary/aromatic N) is 4. The first-order valence-electron chi connectivity index (χ1n) is 8.95. The van der Waals surface area contributed by atoms with Crippen molar-refractivity contribution in [2.24, 2.45) is 5.73 Å². The number of hydrogen-bond acceptors (Lipinski definition) is 4. The Labute approximate surface area is 156 Å². The van der Waals surface area contributed by atoms with Crippen molar-refractivity contribution in [1.82, 2.24) is 19.7 Å². The first-order chi connectivity index (χ1) is 13.2. The Hall–Kier alpha value is -3.12. The minimum absolute atomic E-state index is 0.267. The minimum atomic E-state index is -0.502. The molecular formula is C21H20FN5. The van der Waals surface area contributed by atoms with Gasteiger partial charge in [0, 0.05) is 23.7 Å². The summed E-state index contributed by atoms with van der Waals surface area (Å²) in [7, 11) is 0. The number of pyridine rings is 2. The van der Waals surface area contributed by atoms with Crippen LogP contribution in [0.2, 0.25) is 0 Å². The first-order valence-corrected chi connectivity index (χ1v) is 8.95. The van der Waals surface area contributed by atoms with Crippen LogP contribution in [0.4, 0.5) is 4.39 Å². The summed E-state index contributed by atoms with van der Waals surface area (Å²) in [6.07, 6.45) is 4.51. The molecule has 4 aromatic rings. The zero-order valence-corrected chi connectivity index (χ0v) is 15.0. The van der Waals surface area contributed by atoms with Crippen molar-refractivity contribution in [2.75, 3.05) is 0 Å². The van der Waals surface area contributed by atoms with E-state index in [1.807, 2.05) is 54.2 Å². The molecule has 2 N–H and O–H groups in total. The number of benzene rings is 1. The molecule has 1 aromatic carbocycles. The Balaban J connectivity index is 1.73. The topological polar surface area (TPSA) is 69.6 Å². The van der Waals surface area contributed by atoms with Crippen molar-refractivity contribution >= 4 is 10.9 Å². The molecule has 4 rings (SSSR count). The van der Waals surface area contributed by atoms with Crippen LogP contribution in [-0.4, -0.2) is 19.7 Å². The van der Waals surface area contributed by atoms with Gasteiger partial charge in [0.15, 0.2) is 0 Å². The molecule has 0 saturated heterocycles. The van der Waals surface area contributed by atoms with Crippen LogP contribution in [0.1, 0.15) is 30.0 Å². The smallest absolute Gasteiger partial charge is 0.144 e. The van der Waals surface area contributed by atoms with E-state index in [9.17, 15) is 4.39 Å². The van der Waals surface area contributed by atoms with E-state index in [1.165, 1.54) is 6.07 Å². The Bertz CT molecular complexity index is 1090. The molecule has 0 fully saturated rings. The normalized spacial score (nSPS) is 12.4. The fraction of sp³-hybridized carbons (Fsp3) is 0.190. The third-order valence-corrected chi connectivity index (χ3v) is 4.62. The van der Waals surface area contributed by atoms with Gasteiger partial charge in [0.05, 0.1) is 34.8 Å². The molecule has 0 unspecified atom stereocenters. The summed E-state index contributed by atoms with van der Waals surface area (Å²) < 4.78 is 16.0. The second kappa shape index (κ2) is 7.25. The van der Waals surface area contributed by atoms with Gasteiger partial charge in [0.1, 0.15) is 5.82 Å². The molecule has 0 aliphatic carbocycles. The molecule has 0 spiro atoms. The molecule has 0 saturated carbocycles. The zero-order valence-electron chi connectivity index (χ0n) is 15.0. The molecule has 1 atom stereocenters. The quantitative estimate of drug-likeness (QED) is 0.588. The van der Waals surface area contributed by atoms with Gasteiger partial charge in [-0.15, -0.1) is 0 Å². The lowest BCUT2D eigenvalue weighted by Gasteiger charge is -2.16. The lowest BCUT2D eigenvalue weighted by molar-refractivity contribution is 0.572. The highest BCUT2D eigenvalue weighted by Crippen LogP contribution is 2.24. The van der Waals surface area contributed by atoms with Crippen molar-refractivity contribution in [3.8, 4) is 5.69 Å². The average molecular weight is 361 g/mol. The van der Waals surface area contributed by atoms with Crippen LogP contribution in [0.15, 0.2) is 60.9 Å². The minimum Gasteiger partial charge on any atom is -0.322 e. The van der Waals surface area contributed by atoms with Gasteiger partial charge in [-0.25, -0.2) is 9.07 Å². The van der Waals surface area contributed by atoms with Gasteiger partial charge in [0.2, 0.25) is 0 Å². The molecule has 0 aliphatic rings. The van der Waals surface area contributed by atoms with E-state index in [0.29, 0.717) is 11.4 Å². The van der Waals surface area contributed by atoms with Crippen LogP contribution in [0, 0.1) is 5.82 Å². The summed E-state index contributed by atoms with van der Waals surface area (Å²) in [5, 5.41) is 5.52. The fourth-order valence-corrected chi connectivity index (χ4v) is 3.21. The summed E-state index contributed by atoms with van der Waals surface area (Å²) in [5.74, 6) is -0.343. The molecule has 0 aliphatic heterocycles. The van der Waals surface area contributed by atoms with E-state index in [2.05, 4.69) is 15.1 Å². The fourth-order valence-electron chi connectivity index (χ4n) is 3.21. The molecule has 5 nitrogen and oxygen atoms in total. The molecular weight excluding hydrogens is 341 g/mol. The van der Waals surface area contributed by atoms with Crippen molar-refractivity contribution in [1.29, 1.82) is 0 Å². The third kappa shape index (κ3) is 3.31. The molecule has 136 valence electrons. The van der Waals surface area contributed by atoms with Crippen LogP contribution in [0.3, 0.4) is 0 Å². The van der Waals surface area contributed by atoms with Crippen molar-refractivity contribution < 1.29 is 4.39 Å². The van der Waals surface area contributed by atoms with E-state index in [-0.39, 0.29) is 12.2 Å². The number of aromatic nitrogens is 4. The molecule has 3 aromatic heterocycles. The van der Waals surface area contributed by atoms with Crippen molar-refractivity contribution in [3.05, 3.63) is 83.8 Å². The van der Waals surface area contributed by atoms with Crippen LogP contribution in [-0.2, 0) is 12.8 Å². The average Bonchev–Trinajstić information content (AvgIpc) is 3.13. The van der Waals surface area contributed by atoms with Gasteiger partial charge in [0.25, 0.3) is 0 Å². The molecule has 27 heavy (non-hydrogen) atoms. The molecule has 0 radical (unpaired) electrons. The summed E-state index contributed by atoms with van der Waals surface area (Å²) in [5.41, 5.74) is 10.1. The van der Waals surface area contributed by atoms with Gasteiger partial charge in [-0.3, -0.25) is 9.97 Å². The predicted molar refractivity (Wildman–Crippen MR) is 103 cm³/mol. The Morgan fingerprint density at radius 3 is 2.81 bits per heavy atom. The van der Waals surface area contributed by atoms with Crippen molar-refractivity contribution in [3.63, 3.8) is 0 Å². The standard InChI is InChI=1S/C21H20FN5/c1-2-15-9-10-16(22)18(26-15)12-17(23)21-20(8-5-11-24-21)27-19-7-4-3-6-14(19)13-25-27/h3-11,13,17H,2,12,23H2,1H3/t17-/m0/s1. The maximum atomic E-state index is 14.2. The zero-order chi connectivity index (χ0) is 18.8. The van der Waals surface area contributed by atoms with Crippen LogP contribution >= 0.6 is 0 Å². The second-order valence-corrected chi connectivity index (χ2v) is 6.42. The number of hydrogen-bond donors (Lipinski definition) is 1. The molecule has 0 amide bonds. The summed E-state index contributed by atoms with van der Waals surface area (Å²) >= 11 is 0. The number of nitrogens with two attached hydrogens (primary N) is 1. The maximum Gasteiger partial charge on any atom is 0.144 e. The second-order valence-electron chi connectivity index (χ2n) is 6.42. The van der Waals surface area contributed by atoms with Gasteiger partial charge >= 0.3 is 0 Å². The van der Waals surface area contributed by atoms with Crippen molar-refractivity contribution in [2.45, 2.75) is 25.8 Å². The van der Waals surface area contributed by atoms with Gasteiger partial charge in [-0.1, -0.05) is 25.1 Å². The van der Waals surface area contributed by atoms with E-state index in [1.54, 1.807) is 12.3 Å². The number of rotatable bonds is 5. The largest absolute Gasteiger partial charge is 0.322 e. The number of halogens is 1. The van der Waals surface area contributed by atoms with Crippen LogP contribution in [0.5, 0.6) is 0 Å². The number of fused-ring (bicyclic) bond motifs is 1. The van der Waals surface area contributed by atoms with E-state index in [0.717, 1.165) is 28.7 Å². The van der Waals surface area contributed by atoms with E-state index >= 15 is 0 Å². The lowest BCUT2D eigenvalue weighted by Crippen LogP contribution is -2.19. The number of aryl methyl sites for hydroxylation is 1. The number of para-hydroxylation sites is 1. The Morgan fingerprint density at radius 1 is 1.11 bits per heavy atom.